The summed E-state index contributed by atoms with van der Waals surface area (Å²) in [5.41, 5.74) is 2.52. The third-order valence-corrected chi connectivity index (χ3v) is 3.29. The zero-order valence-electron chi connectivity index (χ0n) is 10.7. The van der Waals surface area contributed by atoms with Crippen molar-refractivity contribution >= 4 is 5.69 Å². The summed E-state index contributed by atoms with van der Waals surface area (Å²) in [6.45, 7) is 3.17. The van der Waals surface area contributed by atoms with Crippen LogP contribution in [0.3, 0.4) is 0 Å². The molecule has 1 atom stereocenters. The Hall–Kier alpha value is -1.06. The van der Waals surface area contributed by atoms with Gasteiger partial charge in [0.05, 0.1) is 6.61 Å². The third kappa shape index (κ3) is 3.45. The Labute approximate surface area is 103 Å². The van der Waals surface area contributed by atoms with Gasteiger partial charge in [0.15, 0.2) is 0 Å². The molecule has 0 saturated heterocycles. The molecular formula is C14H22N2O. The third-order valence-electron chi connectivity index (χ3n) is 3.29. The number of anilines is 1. The number of benzene rings is 1. The Morgan fingerprint density at radius 3 is 2.71 bits per heavy atom. The van der Waals surface area contributed by atoms with E-state index >= 15 is 0 Å². The maximum atomic E-state index is 9.38. The molecule has 0 spiro atoms. The van der Waals surface area contributed by atoms with Crippen LogP contribution >= 0.6 is 0 Å². The van der Waals surface area contributed by atoms with E-state index in [0.29, 0.717) is 6.04 Å². The fourth-order valence-corrected chi connectivity index (χ4v) is 2.17. The molecule has 2 N–H and O–H groups in total. The van der Waals surface area contributed by atoms with Crippen molar-refractivity contribution in [3.63, 3.8) is 0 Å². The van der Waals surface area contributed by atoms with Gasteiger partial charge >= 0.3 is 0 Å². The number of para-hydroxylation sites is 1. The summed E-state index contributed by atoms with van der Waals surface area (Å²) in [7, 11) is 2.08. The van der Waals surface area contributed by atoms with Gasteiger partial charge in [-0.1, -0.05) is 18.2 Å². The van der Waals surface area contributed by atoms with E-state index in [9.17, 15) is 5.11 Å². The summed E-state index contributed by atoms with van der Waals surface area (Å²) < 4.78 is 0. The Morgan fingerprint density at radius 1 is 1.41 bits per heavy atom. The van der Waals surface area contributed by atoms with Gasteiger partial charge < -0.3 is 15.3 Å². The van der Waals surface area contributed by atoms with Crippen LogP contribution < -0.4 is 10.2 Å². The lowest BCUT2D eigenvalue weighted by atomic mass is 10.1. The first-order valence-corrected chi connectivity index (χ1v) is 6.34. The fourth-order valence-electron chi connectivity index (χ4n) is 2.17. The van der Waals surface area contributed by atoms with E-state index in [1.807, 2.05) is 0 Å². The molecule has 3 nitrogen and oxygen atoms in total. The summed E-state index contributed by atoms with van der Waals surface area (Å²) in [4.78, 5) is 2.21. The summed E-state index contributed by atoms with van der Waals surface area (Å²) in [5.74, 6) is 0. The van der Waals surface area contributed by atoms with Crippen molar-refractivity contribution in [1.29, 1.82) is 0 Å². The number of rotatable bonds is 6. The van der Waals surface area contributed by atoms with E-state index in [-0.39, 0.29) is 12.6 Å². The average molecular weight is 234 g/mol. The lowest BCUT2D eigenvalue weighted by Gasteiger charge is -2.26. The highest BCUT2D eigenvalue weighted by atomic mass is 16.3. The second-order valence-electron chi connectivity index (χ2n) is 4.99. The standard InChI is InChI=1S/C14H22N2O/c1-11-5-3-4-6-14(11)16(2)9-13(10-17)15-12-7-8-12/h3-6,12-13,15,17H,7-10H2,1-2H3. The molecule has 1 fully saturated rings. The van der Waals surface area contributed by atoms with Crippen molar-refractivity contribution in [2.75, 3.05) is 25.1 Å². The van der Waals surface area contributed by atoms with Gasteiger partial charge in [0.1, 0.15) is 0 Å². The Morgan fingerprint density at radius 2 is 2.12 bits per heavy atom. The topological polar surface area (TPSA) is 35.5 Å². The van der Waals surface area contributed by atoms with Crippen molar-refractivity contribution in [3.8, 4) is 0 Å². The highest BCUT2D eigenvalue weighted by Crippen LogP contribution is 2.21. The number of nitrogens with zero attached hydrogens (tertiary/aromatic N) is 1. The normalized spacial score (nSPS) is 16.9. The van der Waals surface area contributed by atoms with Crippen LogP contribution in [-0.2, 0) is 0 Å². The highest BCUT2D eigenvalue weighted by Gasteiger charge is 2.24. The van der Waals surface area contributed by atoms with Crippen molar-refractivity contribution in [1.82, 2.24) is 5.32 Å². The van der Waals surface area contributed by atoms with E-state index in [0.717, 1.165) is 6.54 Å². The molecule has 0 heterocycles. The molecule has 0 amide bonds. The van der Waals surface area contributed by atoms with Crippen molar-refractivity contribution in [2.24, 2.45) is 0 Å². The van der Waals surface area contributed by atoms with Gasteiger partial charge in [-0.15, -0.1) is 0 Å². The van der Waals surface area contributed by atoms with Crippen LogP contribution in [0.25, 0.3) is 0 Å². The van der Waals surface area contributed by atoms with Gasteiger partial charge in [-0.2, -0.15) is 0 Å². The molecule has 1 saturated carbocycles. The zero-order chi connectivity index (χ0) is 12.3. The summed E-state index contributed by atoms with van der Waals surface area (Å²) >= 11 is 0. The van der Waals surface area contributed by atoms with E-state index in [1.54, 1.807) is 0 Å². The van der Waals surface area contributed by atoms with Gasteiger partial charge in [0.2, 0.25) is 0 Å². The molecular weight excluding hydrogens is 212 g/mol. The molecule has 0 radical (unpaired) electrons. The van der Waals surface area contributed by atoms with Crippen molar-refractivity contribution in [2.45, 2.75) is 31.8 Å². The maximum Gasteiger partial charge on any atom is 0.0602 e. The second-order valence-corrected chi connectivity index (χ2v) is 4.99. The van der Waals surface area contributed by atoms with Crippen LogP contribution in [0, 0.1) is 6.92 Å². The van der Waals surface area contributed by atoms with Crippen LogP contribution in [0.15, 0.2) is 24.3 Å². The molecule has 17 heavy (non-hydrogen) atoms. The number of hydrogen-bond acceptors (Lipinski definition) is 3. The van der Waals surface area contributed by atoms with Gasteiger partial charge in [-0.25, -0.2) is 0 Å². The maximum absolute atomic E-state index is 9.38. The quantitative estimate of drug-likeness (QED) is 0.784. The summed E-state index contributed by atoms with van der Waals surface area (Å²) in [5, 5.41) is 12.8. The monoisotopic (exact) mass is 234 g/mol. The van der Waals surface area contributed by atoms with Gasteiger partial charge in [0, 0.05) is 31.4 Å². The van der Waals surface area contributed by atoms with Crippen LogP contribution in [0.5, 0.6) is 0 Å². The number of aliphatic hydroxyl groups excluding tert-OH is 1. The second kappa shape index (κ2) is 5.52. The molecule has 0 aliphatic heterocycles. The first-order valence-electron chi connectivity index (χ1n) is 6.34. The molecule has 1 aliphatic rings. The Balaban J connectivity index is 1.94. The minimum Gasteiger partial charge on any atom is -0.395 e. The number of nitrogens with one attached hydrogen (secondary N) is 1. The molecule has 0 bridgehead atoms. The van der Waals surface area contributed by atoms with E-state index in [1.165, 1.54) is 24.1 Å². The number of aryl methyl sites for hydroxylation is 1. The highest BCUT2D eigenvalue weighted by molar-refractivity contribution is 5.52. The largest absolute Gasteiger partial charge is 0.395 e. The van der Waals surface area contributed by atoms with Crippen molar-refractivity contribution in [3.05, 3.63) is 29.8 Å². The summed E-state index contributed by atoms with van der Waals surface area (Å²) in [6, 6.07) is 9.17. The zero-order valence-corrected chi connectivity index (χ0v) is 10.7. The van der Waals surface area contributed by atoms with Crippen LogP contribution in [-0.4, -0.2) is 37.4 Å². The predicted octanol–water partition coefficient (Wildman–Crippen LogP) is 1.54. The molecule has 1 unspecified atom stereocenters. The Bertz CT molecular complexity index is 363. The van der Waals surface area contributed by atoms with Gasteiger partial charge in [-0.05, 0) is 31.4 Å². The molecule has 3 heteroatoms. The van der Waals surface area contributed by atoms with Crippen LogP contribution in [0.1, 0.15) is 18.4 Å². The van der Waals surface area contributed by atoms with E-state index in [2.05, 4.69) is 48.5 Å². The molecule has 2 rings (SSSR count). The molecule has 0 aromatic heterocycles. The average Bonchev–Trinajstić information content (AvgIpc) is 3.12. The lowest BCUT2D eigenvalue weighted by Crippen LogP contribution is -2.43. The predicted molar refractivity (Wildman–Crippen MR) is 71.5 cm³/mol. The first-order chi connectivity index (χ1) is 8.20. The molecule has 94 valence electrons. The minimum absolute atomic E-state index is 0.173. The van der Waals surface area contributed by atoms with E-state index < -0.39 is 0 Å². The molecule has 1 aromatic carbocycles. The van der Waals surface area contributed by atoms with E-state index in [4.69, 9.17) is 0 Å². The SMILES string of the molecule is Cc1ccccc1N(C)CC(CO)NC1CC1. The number of aliphatic hydroxyl groups is 1. The number of hydrogen-bond donors (Lipinski definition) is 2. The van der Waals surface area contributed by atoms with Gasteiger partial charge in [0.25, 0.3) is 0 Å². The lowest BCUT2D eigenvalue weighted by molar-refractivity contribution is 0.243. The molecule has 1 aromatic rings. The fraction of sp³-hybridized carbons (Fsp3) is 0.571. The van der Waals surface area contributed by atoms with Crippen molar-refractivity contribution < 1.29 is 5.11 Å². The Kier molecular flexibility index (Phi) is 4.02. The van der Waals surface area contributed by atoms with Crippen LogP contribution in [0.4, 0.5) is 5.69 Å². The molecule has 1 aliphatic carbocycles. The summed E-state index contributed by atoms with van der Waals surface area (Å²) in [6.07, 6.45) is 2.51. The van der Waals surface area contributed by atoms with Gasteiger partial charge in [-0.3, -0.25) is 0 Å². The van der Waals surface area contributed by atoms with Crippen LogP contribution in [0.2, 0.25) is 0 Å². The first kappa shape index (κ1) is 12.4. The minimum atomic E-state index is 0.173. The number of likely N-dealkylation sites (N-methyl/N-ethyl adjacent to an activating group) is 1. The smallest absolute Gasteiger partial charge is 0.0602 e.